The van der Waals surface area contributed by atoms with Crippen LogP contribution in [0.25, 0.3) is 0 Å². The van der Waals surface area contributed by atoms with Gasteiger partial charge in [-0.05, 0) is 30.5 Å². The highest BCUT2D eigenvalue weighted by Gasteiger charge is 2.69. The smallest absolute Gasteiger partial charge is 0.440 e. The Morgan fingerprint density at radius 1 is 1.31 bits per heavy atom. The topological polar surface area (TPSA) is 87.7 Å². The number of nitrogens with one attached hydrogen (secondary N) is 2. The van der Waals surface area contributed by atoms with Crippen LogP contribution in [-0.4, -0.2) is 41.7 Å². The fourth-order valence-corrected chi connectivity index (χ4v) is 2.61. The maximum absolute atomic E-state index is 13.6. The minimum Gasteiger partial charge on any atom is -0.497 e. The summed E-state index contributed by atoms with van der Waals surface area (Å²) >= 11 is 0. The Morgan fingerprint density at radius 2 is 1.92 bits per heavy atom. The van der Waals surface area contributed by atoms with Crippen LogP contribution >= 0.6 is 0 Å². The van der Waals surface area contributed by atoms with E-state index in [1.807, 2.05) is 0 Å². The van der Waals surface area contributed by atoms with E-state index in [0.29, 0.717) is 29.1 Å². The molecule has 0 spiro atoms. The van der Waals surface area contributed by atoms with Crippen molar-refractivity contribution in [2.24, 2.45) is 5.92 Å². The summed E-state index contributed by atoms with van der Waals surface area (Å²) in [6.45, 7) is -0.369. The molecule has 3 rings (SSSR count). The molecule has 0 unspecified atom stereocenters. The standard InChI is InChI=1S/C16H16F3N3O4/c1-26-11-6-2-9(3-7-11)8-22-13(24)15(16(17,18)19,21-14(22)25)20-12(23)10-4-5-10/h2-3,6-7,10H,4-5,8H2,1H3,(H,20,23)(H,21,25)/t15-/m1/s1. The highest BCUT2D eigenvalue weighted by molar-refractivity contribution is 6.09. The van der Waals surface area contributed by atoms with Crippen molar-refractivity contribution in [2.75, 3.05) is 7.11 Å². The van der Waals surface area contributed by atoms with E-state index in [1.54, 1.807) is 22.8 Å². The fourth-order valence-electron chi connectivity index (χ4n) is 2.61. The van der Waals surface area contributed by atoms with E-state index in [2.05, 4.69) is 0 Å². The van der Waals surface area contributed by atoms with Gasteiger partial charge >= 0.3 is 12.2 Å². The summed E-state index contributed by atoms with van der Waals surface area (Å²) in [4.78, 5) is 36.8. The number of alkyl halides is 3. The van der Waals surface area contributed by atoms with Crippen molar-refractivity contribution in [3.05, 3.63) is 29.8 Å². The number of urea groups is 1. The van der Waals surface area contributed by atoms with Crippen molar-refractivity contribution in [3.8, 4) is 5.75 Å². The van der Waals surface area contributed by atoms with Gasteiger partial charge in [0.1, 0.15) is 5.75 Å². The molecule has 2 aliphatic rings. The lowest BCUT2D eigenvalue weighted by molar-refractivity contribution is -0.204. The molecule has 0 radical (unpaired) electrons. The first-order valence-electron chi connectivity index (χ1n) is 7.84. The minimum absolute atomic E-state index is 0.369. The van der Waals surface area contributed by atoms with Gasteiger partial charge in [-0.1, -0.05) is 12.1 Å². The number of benzene rings is 1. The second-order valence-electron chi connectivity index (χ2n) is 6.18. The van der Waals surface area contributed by atoms with Gasteiger partial charge in [-0.25, -0.2) is 4.79 Å². The number of ether oxygens (including phenoxy) is 1. The number of rotatable bonds is 5. The number of hydrogen-bond donors (Lipinski definition) is 2. The number of nitrogens with zero attached hydrogens (tertiary/aromatic N) is 1. The summed E-state index contributed by atoms with van der Waals surface area (Å²) in [5, 5.41) is 3.32. The molecule has 7 nitrogen and oxygen atoms in total. The third-order valence-corrected chi connectivity index (χ3v) is 4.29. The molecular formula is C16H16F3N3O4. The van der Waals surface area contributed by atoms with Gasteiger partial charge in [0.15, 0.2) is 0 Å². The van der Waals surface area contributed by atoms with E-state index in [9.17, 15) is 27.6 Å². The number of carbonyl (C=O) groups excluding carboxylic acids is 3. The first kappa shape index (κ1) is 18.0. The Bertz CT molecular complexity index is 746. The van der Waals surface area contributed by atoms with E-state index >= 15 is 0 Å². The van der Waals surface area contributed by atoms with E-state index in [1.165, 1.54) is 19.2 Å². The number of halogens is 3. The maximum Gasteiger partial charge on any atom is 0.440 e. The zero-order chi connectivity index (χ0) is 19.1. The second kappa shape index (κ2) is 6.19. The minimum atomic E-state index is -5.18. The quantitative estimate of drug-likeness (QED) is 0.769. The molecule has 10 heteroatoms. The second-order valence-corrected chi connectivity index (χ2v) is 6.18. The lowest BCUT2D eigenvalue weighted by atomic mass is 10.1. The summed E-state index contributed by atoms with van der Waals surface area (Å²) in [6, 6.07) is 4.93. The zero-order valence-corrected chi connectivity index (χ0v) is 13.7. The largest absolute Gasteiger partial charge is 0.497 e. The maximum atomic E-state index is 13.6. The van der Waals surface area contributed by atoms with Crippen LogP contribution in [0, 0.1) is 5.92 Å². The molecule has 1 aromatic carbocycles. The van der Waals surface area contributed by atoms with Crippen molar-refractivity contribution in [2.45, 2.75) is 31.2 Å². The van der Waals surface area contributed by atoms with Crippen LogP contribution in [-0.2, 0) is 16.1 Å². The highest BCUT2D eigenvalue weighted by Crippen LogP contribution is 2.36. The predicted molar refractivity (Wildman–Crippen MR) is 81.7 cm³/mol. The van der Waals surface area contributed by atoms with Crippen LogP contribution in [0.5, 0.6) is 5.75 Å². The Hall–Kier alpha value is -2.78. The first-order chi connectivity index (χ1) is 12.2. The molecule has 26 heavy (non-hydrogen) atoms. The normalized spacial score (nSPS) is 23.0. The lowest BCUT2D eigenvalue weighted by Crippen LogP contribution is -2.69. The molecule has 1 saturated heterocycles. The van der Waals surface area contributed by atoms with Crippen LogP contribution in [0.4, 0.5) is 18.0 Å². The molecule has 4 amide bonds. The van der Waals surface area contributed by atoms with Crippen molar-refractivity contribution in [1.29, 1.82) is 0 Å². The summed E-state index contributed by atoms with van der Waals surface area (Å²) < 4.78 is 45.8. The molecule has 0 aromatic heterocycles. The Kier molecular flexibility index (Phi) is 4.29. The molecular weight excluding hydrogens is 355 g/mol. The fraction of sp³-hybridized carbons (Fsp3) is 0.438. The Balaban J connectivity index is 1.85. The van der Waals surface area contributed by atoms with Gasteiger partial charge in [0.2, 0.25) is 5.91 Å². The first-order valence-corrected chi connectivity index (χ1v) is 7.84. The van der Waals surface area contributed by atoms with Gasteiger partial charge < -0.3 is 10.1 Å². The van der Waals surface area contributed by atoms with Gasteiger partial charge in [0.05, 0.1) is 13.7 Å². The monoisotopic (exact) mass is 371 g/mol. The summed E-state index contributed by atoms with van der Waals surface area (Å²) in [5.74, 6) is -2.50. The van der Waals surface area contributed by atoms with Crippen molar-refractivity contribution in [1.82, 2.24) is 15.5 Å². The molecule has 1 heterocycles. The molecule has 140 valence electrons. The van der Waals surface area contributed by atoms with E-state index in [0.717, 1.165) is 0 Å². The number of imide groups is 1. The van der Waals surface area contributed by atoms with Crippen LogP contribution in [0.1, 0.15) is 18.4 Å². The van der Waals surface area contributed by atoms with Gasteiger partial charge in [-0.15, -0.1) is 0 Å². The third-order valence-electron chi connectivity index (χ3n) is 4.29. The van der Waals surface area contributed by atoms with Crippen LogP contribution in [0.2, 0.25) is 0 Å². The molecule has 1 aliphatic carbocycles. The summed E-state index contributed by atoms with van der Waals surface area (Å²) in [6.07, 6.45) is -4.27. The predicted octanol–water partition coefficient (Wildman–Crippen LogP) is 1.53. The highest BCUT2D eigenvalue weighted by atomic mass is 19.4. The molecule has 2 N–H and O–H groups in total. The van der Waals surface area contributed by atoms with Crippen molar-refractivity contribution in [3.63, 3.8) is 0 Å². The summed E-state index contributed by atoms with van der Waals surface area (Å²) in [7, 11) is 1.45. The average molecular weight is 371 g/mol. The molecule has 2 fully saturated rings. The lowest BCUT2D eigenvalue weighted by Gasteiger charge is -2.29. The van der Waals surface area contributed by atoms with E-state index < -0.39 is 35.6 Å². The van der Waals surface area contributed by atoms with Crippen LogP contribution in [0.15, 0.2) is 24.3 Å². The van der Waals surface area contributed by atoms with Gasteiger partial charge in [-0.2, -0.15) is 13.2 Å². The van der Waals surface area contributed by atoms with Crippen molar-refractivity contribution < 1.29 is 32.3 Å². The molecule has 1 aliphatic heterocycles. The molecule has 1 saturated carbocycles. The van der Waals surface area contributed by atoms with Crippen LogP contribution < -0.4 is 15.4 Å². The Labute approximate surface area is 146 Å². The van der Waals surface area contributed by atoms with Crippen molar-refractivity contribution >= 4 is 17.8 Å². The molecule has 1 aromatic rings. The van der Waals surface area contributed by atoms with E-state index in [-0.39, 0.29) is 6.54 Å². The van der Waals surface area contributed by atoms with Crippen LogP contribution in [0.3, 0.4) is 0 Å². The SMILES string of the molecule is COc1ccc(CN2C(=O)N[C@@](NC(=O)C3CC3)(C(F)(F)F)C2=O)cc1. The van der Waals surface area contributed by atoms with Gasteiger partial charge in [0.25, 0.3) is 11.6 Å². The molecule has 0 bridgehead atoms. The third kappa shape index (κ3) is 3.06. The average Bonchev–Trinajstić information content (AvgIpc) is 3.39. The van der Waals surface area contributed by atoms with Gasteiger partial charge in [0, 0.05) is 5.92 Å². The molecule has 1 atom stereocenters. The zero-order valence-electron chi connectivity index (χ0n) is 13.7. The number of amides is 4. The number of methoxy groups -OCH3 is 1. The number of carbonyl (C=O) groups is 3. The number of hydrogen-bond acceptors (Lipinski definition) is 4. The van der Waals surface area contributed by atoms with E-state index in [4.69, 9.17) is 4.74 Å². The Morgan fingerprint density at radius 3 is 2.42 bits per heavy atom. The van der Waals surface area contributed by atoms with Gasteiger partial charge in [-0.3, -0.25) is 19.8 Å². The summed E-state index contributed by atoms with van der Waals surface area (Å²) in [5.41, 5.74) is -3.00.